The fraction of sp³-hybridized carbons (Fsp3) is 0.364. The van der Waals surface area contributed by atoms with Crippen LogP contribution in [0.4, 0.5) is 16.2 Å². The molecule has 0 aromatic heterocycles. The van der Waals surface area contributed by atoms with Crippen LogP contribution in [-0.4, -0.2) is 56.7 Å². The largest absolute Gasteiger partial charge is 0.497 e. The molecular formula is C22H28N4O3. The van der Waals surface area contributed by atoms with Gasteiger partial charge in [0.2, 0.25) is 5.91 Å². The molecule has 2 aromatic rings. The fourth-order valence-corrected chi connectivity index (χ4v) is 3.37. The third-order valence-corrected chi connectivity index (χ3v) is 4.95. The van der Waals surface area contributed by atoms with Crippen LogP contribution >= 0.6 is 0 Å². The lowest BCUT2D eigenvalue weighted by atomic mass is 10.1. The van der Waals surface area contributed by atoms with Crippen molar-refractivity contribution in [2.75, 3.05) is 50.1 Å². The van der Waals surface area contributed by atoms with E-state index in [2.05, 4.69) is 15.5 Å². The van der Waals surface area contributed by atoms with Crippen molar-refractivity contribution in [3.63, 3.8) is 0 Å². The summed E-state index contributed by atoms with van der Waals surface area (Å²) in [4.78, 5) is 27.8. The quantitative estimate of drug-likeness (QED) is 0.787. The standard InChI is InChI=1S/C22H28N4O3/c1-17(27)24-19-4-3-5-20(16-19)25-12-14-26(15-13-25)22(28)23-11-10-18-6-8-21(29-2)9-7-18/h3-9,16H,10-15H2,1-2H3,(H,23,28)(H,24,27). The van der Waals surface area contributed by atoms with Crippen molar-refractivity contribution in [1.82, 2.24) is 10.2 Å². The predicted molar refractivity (Wildman–Crippen MR) is 115 cm³/mol. The van der Waals surface area contributed by atoms with Gasteiger partial charge in [-0.05, 0) is 42.3 Å². The number of urea groups is 1. The predicted octanol–water partition coefficient (Wildman–Crippen LogP) is 2.73. The molecule has 2 N–H and O–H groups in total. The Bertz CT molecular complexity index is 830. The van der Waals surface area contributed by atoms with Crippen molar-refractivity contribution < 1.29 is 14.3 Å². The second kappa shape index (κ2) is 9.82. The number of nitrogens with one attached hydrogen (secondary N) is 2. The third-order valence-electron chi connectivity index (χ3n) is 4.95. The Morgan fingerprint density at radius 3 is 2.41 bits per heavy atom. The van der Waals surface area contributed by atoms with Crippen LogP contribution in [0.25, 0.3) is 0 Å². The van der Waals surface area contributed by atoms with Crippen LogP contribution in [0.5, 0.6) is 5.75 Å². The van der Waals surface area contributed by atoms with Crippen LogP contribution in [0, 0.1) is 0 Å². The Morgan fingerprint density at radius 1 is 1.03 bits per heavy atom. The summed E-state index contributed by atoms with van der Waals surface area (Å²) in [5.41, 5.74) is 3.00. The topological polar surface area (TPSA) is 73.9 Å². The number of benzene rings is 2. The van der Waals surface area contributed by atoms with Gasteiger partial charge in [0.25, 0.3) is 0 Å². The Balaban J connectivity index is 1.43. The van der Waals surface area contributed by atoms with Crippen LogP contribution in [0.3, 0.4) is 0 Å². The lowest BCUT2D eigenvalue weighted by molar-refractivity contribution is -0.114. The number of carbonyl (C=O) groups excluding carboxylic acids is 2. The molecule has 1 fully saturated rings. The van der Waals surface area contributed by atoms with E-state index in [1.807, 2.05) is 53.4 Å². The number of ether oxygens (including phenoxy) is 1. The Kier molecular flexibility index (Phi) is 6.94. The highest BCUT2D eigenvalue weighted by molar-refractivity contribution is 5.89. The normalized spacial score (nSPS) is 13.7. The van der Waals surface area contributed by atoms with Gasteiger partial charge in [-0.25, -0.2) is 4.79 Å². The van der Waals surface area contributed by atoms with Crippen molar-refractivity contribution in [3.05, 3.63) is 54.1 Å². The minimum atomic E-state index is -0.0849. The highest BCUT2D eigenvalue weighted by atomic mass is 16.5. The average Bonchev–Trinajstić information content (AvgIpc) is 2.74. The molecule has 1 heterocycles. The number of anilines is 2. The molecule has 0 spiro atoms. The number of hydrogen-bond donors (Lipinski definition) is 2. The maximum atomic E-state index is 12.4. The summed E-state index contributed by atoms with van der Waals surface area (Å²) in [6.07, 6.45) is 0.783. The van der Waals surface area contributed by atoms with E-state index in [0.717, 1.165) is 42.2 Å². The molecule has 0 atom stereocenters. The van der Waals surface area contributed by atoms with Gasteiger partial charge in [-0.3, -0.25) is 4.79 Å². The lowest BCUT2D eigenvalue weighted by Gasteiger charge is -2.36. The van der Waals surface area contributed by atoms with Crippen LogP contribution in [0.15, 0.2) is 48.5 Å². The second-order valence-corrected chi connectivity index (χ2v) is 7.04. The zero-order chi connectivity index (χ0) is 20.6. The van der Waals surface area contributed by atoms with Gasteiger partial charge < -0.3 is 25.2 Å². The molecule has 1 saturated heterocycles. The molecule has 154 valence electrons. The van der Waals surface area contributed by atoms with Gasteiger partial charge >= 0.3 is 6.03 Å². The van der Waals surface area contributed by atoms with Crippen LogP contribution in [0.1, 0.15) is 12.5 Å². The van der Waals surface area contributed by atoms with Crippen molar-refractivity contribution >= 4 is 23.3 Å². The van der Waals surface area contributed by atoms with Gasteiger partial charge in [-0.15, -0.1) is 0 Å². The number of piperazine rings is 1. The number of amides is 3. The molecule has 0 bridgehead atoms. The molecule has 29 heavy (non-hydrogen) atoms. The zero-order valence-corrected chi connectivity index (χ0v) is 17.0. The first-order valence-electron chi connectivity index (χ1n) is 9.83. The Morgan fingerprint density at radius 2 is 1.76 bits per heavy atom. The molecule has 1 aliphatic heterocycles. The molecule has 0 unspecified atom stereocenters. The number of carbonyl (C=O) groups is 2. The molecule has 1 aliphatic rings. The van der Waals surface area contributed by atoms with Gasteiger partial charge in [0.1, 0.15) is 5.75 Å². The van der Waals surface area contributed by atoms with E-state index in [4.69, 9.17) is 4.74 Å². The minimum Gasteiger partial charge on any atom is -0.497 e. The first-order valence-corrected chi connectivity index (χ1v) is 9.83. The smallest absolute Gasteiger partial charge is 0.317 e. The van der Waals surface area contributed by atoms with Crippen molar-refractivity contribution in [1.29, 1.82) is 0 Å². The molecule has 0 aliphatic carbocycles. The highest BCUT2D eigenvalue weighted by Gasteiger charge is 2.21. The molecular weight excluding hydrogens is 368 g/mol. The third kappa shape index (κ3) is 5.88. The van der Waals surface area contributed by atoms with E-state index in [9.17, 15) is 9.59 Å². The van der Waals surface area contributed by atoms with Crippen molar-refractivity contribution in [2.24, 2.45) is 0 Å². The summed E-state index contributed by atoms with van der Waals surface area (Å²) in [6.45, 7) is 4.95. The number of hydrogen-bond acceptors (Lipinski definition) is 4. The van der Waals surface area contributed by atoms with Gasteiger partial charge in [-0.2, -0.15) is 0 Å². The van der Waals surface area contributed by atoms with Gasteiger partial charge in [0.05, 0.1) is 7.11 Å². The maximum absolute atomic E-state index is 12.4. The minimum absolute atomic E-state index is 0.0230. The second-order valence-electron chi connectivity index (χ2n) is 7.04. The SMILES string of the molecule is COc1ccc(CCNC(=O)N2CCN(c3cccc(NC(C)=O)c3)CC2)cc1. The van der Waals surface area contributed by atoms with E-state index in [1.165, 1.54) is 6.92 Å². The first-order chi connectivity index (χ1) is 14.0. The Hall–Kier alpha value is -3.22. The van der Waals surface area contributed by atoms with Crippen molar-refractivity contribution in [3.8, 4) is 5.75 Å². The summed E-state index contributed by atoms with van der Waals surface area (Å²) in [5.74, 6) is 0.747. The lowest BCUT2D eigenvalue weighted by Crippen LogP contribution is -2.52. The fourth-order valence-electron chi connectivity index (χ4n) is 3.37. The van der Waals surface area contributed by atoms with Gasteiger partial charge in [-0.1, -0.05) is 18.2 Å². The Labute approximate surface area is 171 Å². The molecule has 0 saturated carbocycles. The van der Waals surface area contributed by atoms with Gasteiger partial charge in [0.15, 0.2) is 0 Å². The van der Waals surface area contributed by atoms with Gasteiger partial charge in [0, 0.05) is 51.0 Å². The molecule has 0 radical (unpaired) electrons. The summed E-state index contributed by atoms with van der Waals surface area (Å²) in [7, 11) is 1.65. The maximum Gasteiger partial charge on any atom is 0.317 e. The summed E-state index contributed by atoms with van der Waals surface area (Å²) in [6, 6.07) is 15.6. The number of rotatable bonds is 6. The van der Waals surface area contributed by atoms with E-state index < -0.39 is 0 Å². The monoisotopic (exact) mass is 396 g/mol. The molecule has 3 amide bonds. The van der Waals surface area contributed by atoms with Crippen LogP contribution < -0.4 is 20.3 Å². The zero-order valence-electron chi connectivity index (χ0n) is 17.0. The summed E-state index contributed by atoms with van der Waals surface area (Å²) < 4.78 is 5.16. The van der Waals surface area contributed by atoms with E-state index >= 15 is 0 Å². The molecule has 2 aromatic carbocycles. The van der Waals surface area contributed by atoms with E-state index in [-0.39, 0.29) is 11.9 Å². The molecule has 7 nitrogen and oxygen atoms in total. The summed E-state index contributed by atoms with van der Waals surface area (Å²) in [5, 5.41) is 5.81. The van der Waals surface area contributed by atoms with Crippen molar-refractivity contribution in [2.45, 2.75) is 13.3 Å². The van der Waals surface area contributed by atoms with E-state index in [0.29, 0.717) is 19.6 Å². The molecule has 7 heteroatoms. The summed E-state index contributed by atoms with van der Waals surface area (Å²) >= 11 is 0. The number of methoxy groups -OCH3 is 1. The number of nitrogens with zero attached hydrogens (tertiary/aromatic N) is 2. The molecule has 3 rings (SSSR count). The highest BCUT2D eigenvalue weighted by Crippen LogP contribution is 2.21. The van der Waals surface area contributed by atoms with E-state index in [1.54, 1.807) is 7.11 Å². The first kappa shape index (κ1) is 20.5. The average molecular weight is 396 g/mol. The van der Waals surface area contributed by atoms with Crippen LogP contribution in [-0.2, 0) is 11.2 Å². The van der Waals surface area contributed by atoms with Crippen LogP contribution in [0.2, 0.25) is 0 Å².